The van der Waals surface area contributed by atoms with Crippen LogP contribution in [-0.2, 0) is 0 Å². The van der Waals surface area contributed by atoms with E-state index in [0.29, 0.717) is 5.95 Å². The quantitative estimate of drug-likeness (QED) is 0.696. The summed E-state index contributed by atoms with van der Waals surface area (Å²) < 4.78 is 0. The van der Waals surface area contributed by atoms with Crippen molar-refractivity contribution in [1.29, 1.82) is 0 Å². The molecule has 3 N–H and O–H groups in total. The molecule has 1 aromatic rings. The van der Waals surface area contributed by atoms with Crippen LogP contribution in [0, 0.1) is 0 Å². The Kier molecular flexibility index (Phi) is 4.04. The van der Waals surface area contributed by atoms with Gasteiger partial charge in [-0.25, -0.2) is 9.78 Å². The summed E-state index contributed by atoms with van der Waals surface area (Å²) in [7, 11) is 0. The monoisotopic (exact) mass is 225 g/mol. The molecule has 1 rings (SSSR count). The van der Waals surface area contributed by atoms with Crippen LogP contribution in [0.1, 0.15) is 37.0 Å². The highest BCUT2D eigenvalue weighted by Crippen LogP contribution is 2.03. The Hall–Kier alpha value is -1.85. The molecule has 6 heteroatoms. The number of carbonyl (C=O) groups is 1. The van der Waals surface area contributed by atoms with Gasteiger partial charge in [-0.15, -0.1) is 0 Å². The minimum absolute atomic E-state index is 0.184. The fourth-order valence-corrected chi connectivity index (χ4v) is 1.36. The predicted molar refractivity (Wildman–Crippen MR) is 59.8 cm³/mol. The molecule has 1 heterocycles. The van der Waals surface area contributed by atoms with Crippen LogP contribution in [-0.4, -0.2) is 27.1 Å². The average molecular weight is 225 g/mol. The Morgan fingerprint density at radius 1 is 1.69 bits per heavy atom. The van der Waals surface area contributed by atoms with Crippen molar-refractivity contribution in [3.8, 4) is 0 Å². The number of rotatable bonds is 5. The van der Waals surface area contributed by atoms with Gasteiger partial charge in [0, 0.05) is 6.04 Å². The summed E-state index contributed by atoms with van der Waals surface area (Å²) in [6.45, 7) is 4.02. The molecule has 0 radical (unpaired) electrons. The van der Waals surface area contributed by atoms with Crippen molar-refractivity contribution in [2.45, 2.75) is 32.7 Å². The van der Waals surface area contributed by atoms with Gasteiger partial charge in [-0.1, -0.05) is 13.3 Å². The largest absolute Gasteiger partial charge is 0.477 e. The molecule has 6 nitrogen and oxygen atoms in total. The zero-order valence-electron chi connectivity index (χ0n) is 9.28. The highest BCUT2D eigenvalue weighted by atomic mass is 16.4. The van der Waals surface area contributed by atoms with Crippen LogP contribution in [0.5, 0.6) is 0 Å². The number of aromatic nitrogens is 2. The van der Waals surface area contributed by atoms with E-state index in [0.717, 1.165) is 19.0 Å². The summed E-state index contributed by atoms with van der Waals surface area (Å²) in [4.78, 5) is 28.1. The molecule has 88 valence electrons. The number of nitrogens with one attached hydrogen (secondary N) is 2. The summed E-state index contributed by atoms with van der Waals surface area (Å²) in [6, 6.07) is 0.184. The van der Waals surface area contributed by atoms with Gasteiger partial charge in [0.15, 0.2) is 0 Å². The topological polar surface area (TPSA) is 95.1 Å². The molecule has 0 amide bonds. The van der Waals surface area contributed by atoms with Gasteiger partial charge in [0.2, 0.25) is 5.95 Å². The molecule has 1 aromatic heterocycles. The summed E-state index contributed by atoms with van der Waals surface area (Å²) in [6.07, 6.45) is 3.03. The lowest BCUT2D eigenvalue weighted by atomic mass is 10.2. The van der Waals surface area contributed by atoms with E-state index < -0.39 is 11.5 Å². The maximum Gasteiger partial charge on any atom is 0.342 e. The SMILES string of the molecule is CCC[C@@H](C)Nc1ncc(C(=O)O)c(=O)[nH]1. The molecule has 0 aromatic carbocycles. The standard InChI is InChI=1S/C10H15N3O3/c1-3-4-6(2)12-10-11-5-7(9(15)16)8(14)13-10/h5-6H,3-4H2,1-2H3,(H,15,16)(H2,11,12,13,14)/t6-/m1/s1. The van der Waals surface area contributed by atoms with Crippen molar-refractivity contribution in [2.24, 2.45) is 0 Å². The molecule has 0 spiro atoms. The Bertz CT molecular complexity index is 428. The number of aromatic amines is 1. The van der Waals surface area contributed by atoms with Crippen LogP contribution in [0.3, 0.4) is 0 Å². The van der Waals surface area contributed by atoms with Gasteiger partial charge < -0.3 is 10.4 Å². The van der Waals surface area contributed by atoms with Gasteiger partial charge in [0.05, 0.1) is 6.20 Å². The Labute approximate surface area is 92.7 Å². The van der Waals surface area contributed by atoms with Crippen molar-refractivity contribution in [3.63, 3.8) is 0 Å². The van der Waals surface area contributed by atoms with Crippen LogP contribution in [0.25, 0.3) is 0 Å². The molecule has 0 bridgehead atoms. The molecule has 0 aliphatic heterocycles. The van der Waals surface area contributed by atoms with Crippen LogP contribution in [0.15, 0.2) is 11.0 Å². The number of carboxylic acid groups (broad SMARTS) is 1. The highest BCUT2D eigenvalue weighted by molar-refractivity contribution is 5.86. The molecular weight excluding hydrogens is 210 g/mol. The van der Waals surface area contributed by atoms with Crippen LogP contribution in [0.2, 0.25) is 0 Å². The number of nitrogens with zero attached hydrogens (tertiary/aromatic N) is 1. The van der Waals surface area contributed by atoms with E-state index in [1.165, 1.54) is 0 Å². The second kappa shape index (κ2) is 5.29. The first-order chi connectivity index (χ1) is 7.54. The van der Waals surface area contributed by atoms with Gasteiger partial charge in [0.25, 0.3) is 5.56 Å². The first-order valence-electron chi connectivity index (χ1n) is 5.13. The predicted octanol–water partition coefficient (Wildman–Crippen LogP) is 1.07. The van der Waals surface area contributed by atoms with E-state index >= 15 is 0 Å². The number of H-pyrrole nitrogens is 1. The third kappa shape index (κ3) is 3.08. The van der Waals surface area contributed by atoms with Crippen molar-refractivity contribution in [3.05, 3.63) is 22.1 Å². The number of carboxylic acids is 1. The van der Waals surface area contributed by atoms with Gasteiger partial charge >= 0.3 is 5.97 Å². The molecular formula is C10H15N3O3. The number of hydrogen-bond acceptors (Lipinski definition) is 4. The number of anilines is 1. The molecule has 1 atom stereocenters. The normalized spacial score (nSPS) is 12.1. The highest BCUT2D eigenvalue weighted by Gasteiger charge is 2.10. The summed E-state index contributed by atoms with van der Waals surface area (Å²) in [5, 5.41) is 11.6. The van der Waals surface area contributed by atoms with Gasteiger partial charge in [-0.2, -0.15) is 0 Å². The Morgan fingerprint density at radius 2 is 2.38 bits per heavy atom. The minimum Gasteiger partial charge on any atom is -0.477 e. The van der Waals surface area contributed by atoms with E-state index in [9.17, 15) is 9.59 Å². The maximum absolute atomic E-state index is 11.3. The lowest BCUT2D eigenvalue weighted by Gasteiger charge is -2.12. The van der Waals surface area contributed by atoms with Crippen LogP contribution < -0.4 is 10.9 Å². The second-order valence-electron chi connectivity index (χ2n) is 3.61. The van der Waals surface area contributed by atoms with Crippen molar-refractivity contribution < 1.29 is 9.90 Å². The summed E-state index contributed by atoms with van der Waals surface area (Å²) in [5.41, 5.74) is -0.998. The van der Waals surface area contributed by atoms with Gasteiger partial charge in [-0.3, -0.25) is 9.78 Å². The minimum atomic E-state index is -1.28. The molecule has 0 aliphatic carbocycles. The molecule has 0 saturated carbocycles. The van der Waals surface area contributed by atoms with Crippen molar-refractivity contribution >= 4 is 11.9 Å². The van der Waals surface area contributed by atoms with Crippen molar-refractivity contribution in [2.75, 3.05) is 5.32 Å². The molecule has 0 fully saturated rings. The molecule has 0 unspecified atom stereocenters. The molecule has 0 aliphatic rings. The van der Waals surface area contributed by atoms with Gasteiger partial charge in [-0.05, 0) is 13.3 Å². The average Bonchev–Trinajstić information content (AvgIpc) is 2.17. The third-order valence-electron chi connectivity index (χ3n) is 2.13. The fraction of sp³-hybridized carbons (Fsp3) is 0.500. The van der Waals surface area contributed by atoms with E-state index in [2.05, 4.69) is 22.2 Å². The van der Waals surface area contributed by atoms with Crippen LogP contribution in [0.4, 0.5) is 5.95 Å². The summed E-state index contributed by atoms with van der Waals surface area (Å²) >= 11 is 0. The first-order valence-corrected chi connectivity index (χ1v) is 5.13. The smallest absolute Gasteiger partial charge is 0.342 e. The van der Waals surface area contributed by atoms with E-state index in [1.54, 1.807) is 0 Å². The van der Waals surface area contributed by atoms with Gasteiger partial charge in [0.1, 0.15) is 5.56 Å². The van der Waals surface area contributed by atoms with E-state index in [1.807, 2.05) is 6.92 Å². The molecule has 16 heavy (non-hydrogen) atoms. The zero-order chi connectivity index (χ0) is 12.1. The Morgan fingerprint density at radius 3 is 2.88 bits per heavy atom. The lowest BCUT2D eigenvalue weighted by molar-refractivity contribution is 0.0694. The zero-order valence-corrected chi connectivity index (χ0v) is 9.28. The second-order valence-corrected chi connectivity index (χ2v) is 3.61. The number of hydrogen-bond donors (Lipinski definition) is 3. The van der Waals surface area contributed by atoms with Crippen LogP contribution >= 0.6 is 0 Å². The summed E-state index contributed by atoms with van der Waals surface area (Å²) in [5.74, 6) is -0.974. The van der Waals surface area contributed by atoms with E-state index in [4.69, 9.17) is 5.11 Å². The maximum atomic E-state index is 11.3. The van der Waals surface area contributed by atoms with Crippen molar-refractivity contribution in [1.82, 2.24) is 9.97 Å². The lowest BCUT2D eigenvalue weighted by Crippen LogP contribution is -2.23. The molecule has 0 saturated heterocycles. The number of aromatic carboxylic acids is 1. The fourth-order valence-electron chi connectivity index (χ4n) is 1.36. The Balaban J connectivity index is 2.81. The first kappa shape index (κ1) is 12.2. The third-order valence-corrected chi connectivity index (χ3v) is 2.13. The van der Waals surface area contributed by atoms with E-state index in [-0.39, 0.29) is 11.6 Å².